The quantitative estimate of drug-likeness (QED) is 0.687. The number of aliphatic hydroxyl groups is 2. The zero-order valence-corrected chi connectivity index (χ0v) is 20.3. The third kappa shape index (κ3) is 3.28. The normalized spacial score (nSPS) is 47.6. The van der Waals surface area contributed by atoms with Gasteiger partial charge in [-0.1, -0.05) is 13.8 Å². The van der Waals surface area contributed by atoms with Crippen LogP contribution in [-0.4, -0.2) is 31.7 Å². The molecule has 5 rings (SSSR count). The number of hydrogen-bond acceptors (Lipinski definition) is 4. The molecule has 4 aliphatic carbocycles. The molecule has 0 saturated heterocycles. The average Bonchev–Trinajstić information content (AvgIpc) is 3.37. The molecule has 0 radical (unpaired) electrons. The van der Waals surface area contributed by atoms with Crippen molar-refractivity contribution in [3.63, 3.8) is 0 Å². The maximum absolute atomic E-state index is 11.5. The lowest BCUT2D eigenvalue weighted by molar-refractivity contribution is -0.151. The van der Waals surface area contributed by atoms with Gasteiger partial charge in [0.25, 0.3) is 0 Å². The van der Waals surface area contributed by atoms with Crippen LogP contribution in [0.15, 0.2) is 12.4 Å². The zero-order chi connectivity index (χ0) is 22.9. The summed E-state index contributed by atoms with van der Waals surface area (Å²) in [5.41, 5.74) is 0.635. The second-order valence-electron chi connectivity index (χ2n) is 12.6. The fourth-order valence-corrected chi connectivity index (χ4v) is 9.14. The van der Waals surface area contributed by atoms with E-state index >= 15 is 0 Å². The highest BCUT2D eigenvalue weighted by atomic mass is 16.3. The van der Waals surface area contributed by atoms with Crippen LogP contribution >= 0.6 is 0 Å². The lowest BCUT2D eigenvalue weighted by Gasteiger charge is -2.62. The summed E-state index contributed by atoms with van der Waals surface area (Å²) < 4.78 is 1.78. The van der Waals surface area contributed by atoms with Crippen LogP contribution in [0.3, 0.4) is 0 Å². The van der Waals surface area contributed by atoms with E-state index in [0.29, 0.717) is 22.8 Å². The van der Waals surface area contributed by atoms with E-state index < -0.39 is 11.7 Å². The van der Waals surface area contributed by atoms with Crippen molar-refractivity contribution < 1.29 is 10.2 Å². The molecule has 0 bridgehead atoms. The Balaban J connectivity index is 1.35. The molecular formula is C27H41N3O2. The third-order valence-corrected chi connectivity index (χ3v) is 11.1. The number of rotatable bonds is 3. The summed E-state index contributed by atoms with van der Waals surface area (Å²) in [6.45, 7) is 9.09. The molecule has 1 aromatic rings. The van der Waals surface area contributed by atoms with E-state index in [9.17, 15) is 10.2 Å². The van der Waals surface area contributed by atoms with Crippen molar-refractivity contribution in [3.05, 3.63) is 18.0 Å². The summed E-state index contributed by atoms with van der Waals surface area (Å²) in [5.74, 6) is 3.18. The summed E-state index contributed by atoms with van der Waals surface area (Å²) in [7, 11) is 0. The standard InChI is InChI=1S/C27H41N3O2/c1-17(30-16-18(14-28)15-29-30)24(31)23-8-7-21-20-6-5-19-13-25(2,32)11-12-26(19,3)22(20)9-10-27(21,23)4/h15-17,19-24,31-32H,5-13H2,1-4H3/t17-,19-,20+,21+,22+,23-,24?,25-,26+,27+/m1/s1. The van der Waals surface area contributed by atoms with E-state index in [1.807, 2.05) is 13.8 Å². The highest BCUT2D eigenvalue weighted by Gasteiger charge is 2.61. The number of aliphatic hydroxyl groups excluding tert-OH is 1. The molecule has 2 N–H and O–H groups in total. The van der Waals surface area contributed by atoms with Crippen LogP contribution in [0.2, 0.25) is 0 Å². The number of fused-ring (bicyclic) bond motifs is 5. The molecule has 5 heteroatoms. The van der Waals surface area contributed by atoms with Gasteiger partial charge in [0.1, 0.15) is 6.07 Å². The summed E-state index contributed by atoms with van der Waals surface area (Å²) in [6, 6.07) is 2.02. The van der Waals surface area contributed by atoms with Crippen molar-refractivity contribution in [2.24, 2.45) is 40.4 Å². The average molecular weight is 440 g/mol. The van der Waals surface area contributed by atoms with Gasteiger partial charge in [0.2, 0.25) is 0 Å². The maximum atomic E-state index is 11.5. The third-order valence-electron chi connectivity index (χ3n) is 11.1. The van der Waals surface area contributed by atoms with Gasteiger partial charge in [-0.3, -0.25) is 4.68 Å². The minimum atomic E-state index is -0.475. The van der Waals surface area contributed by atoms with Gasteiger partial charge in [-0.15, -0.1) is 0 Å². The summed E-state index contributed by atoms with van der Waals surface area (Å²) in [4.78, 5) is 0. The van der Waals surface area contributed by atoms with Crippen LogP contribution in [0.5, 0.6) is 0 Å². The van der Waals surface area contributed by atoms with Gasteiger partial charge < -0.3 is 10.2 Å². The first kappa shape index (κ1) is 22.4. The minimum Gasteiger partial charge on any atom is -0.391 e. The SMILES string of the molecule is C[C@H](C(O)[C@H]1CC[C@H]2[C@@H]3CC[C@@H]4C[C@](C)(O)CC[C@]4(C)[C@H]3CC[C@]12C)n1cc(C#N)cn1. The van der Waals surface area contributed by atoms with E-state index in [4.69, 9.17) is 5.26 Å². The van der Waals surface area contributed by atoms with Crippen LogP contribution < -0.4 is 0 Å². The van der Waals surface area contributed by atoms with Gasteiger partial charge in [0.15, 0.2) is 0 Å². The first-order valence-electron chi connectivity index (χ1n) is 12.9. The van der Waals surface area contributed by atoms with Gasteiger partial charge in [0.05, 0.1) is 29.5 Å². The van der Waals surface area contributed by atoms with Crippen molar-refractivity contribution >= 4 is 0 Å². The zero-order valence-electron chi connectivity index (χ0n) is 20.3. The molecule has 1 heterocycles. The highest BCUT2D eigenvalue weighted by Crippen LogP contribution is 2.68. The van der Waals surface area contributed by atoms with E-state index in [0.717, 1.165) is 31.1 Å². The Morgan fingerprint density at radius 1 is 1.06 bits per heavy atom. The van der Waals surface area contributed by atoms with Gasteiger partial charge in [0, 0.05) is 6.20 Å². The molecule has 4 aliphatic rings. The van der Waals surface area contributed by atoms with Crippen LogP contribution in [0.4, 0.5) is 0 Å². The molecule has 10 atom stereocenters. The Morgan fingerprint density at radius 2 is 1.81 bits per heavy atom. The van der Waals surface area contributed by atoms with Crippen molar-refractivity contribution in [2.75, 3.05) is 0 Å². The molecule has 5 nitrogen and oxygen atoms in total. The van der Waals surface area contributed by atoms with Crippen molar-refractivity contribution in [2.45, 2.75) is 103 Å². The predicted octanol–water partition coefficient (Wildman–Crippen LogP) is 5.09. The Bertz CT molecular complexity index is 903. The molecule has 1 aromatic heterocycles. The van der Waals surface area contributed by atoms with Crippen LogP contribution in [-0.2, 0) is 0 Å². The topological polar surface area (TPSA) is 82.1 Å². The summed E-state index contributed by atoms with van der Waals surface area (Å²) >= 11 is 0. The molecule has 176 valence electrons. The second-order valence-corrected chi connectivity index (χ2v) is 12.6. The molecular weight excluding hydrogens is 398 g/mol. The smallest absolute Gasteiger partial charge is 0.102 e. The lowest BCUT2D eigenvalue weighted by Crippen LogP contribution is -2.56. The minimum absolute atomic E-state index is 0.121. The number of nitrogens with zero attached hydrogens (tertiary/aromatic N) is 3. The summed E-state index contributed by atoms with van der Waals surface area (Å²) in [6.07, 6.45) is 13.3. The van der Waals surface area contributed by atoms with Gasteiger partial charge in [-0.25, -0.2) is 0 Å². The van der Waals surface area contributed by atoms with Crippen molar-refractivity contribution in [3.8, 4) is 6.07 Å². The van der Waals surface area contributed by atoms with Crippen LogP contribution in [0.1, 0.15) is 97.1 Å². The fraction of sp³-hybridized carbons (Fsp3) is 0.852. The number of nitriles is 1. The van der Waals surface area contributed by atoms with E-state index in [2.05, 4.69) is 25.0 Å². The van der Waals surface area contributed by atoms with Gasteiger partial charge in [-0.2, -0.15) is 10.4 Å². The van der Waals surface area contributed by atoms with E-state index in [-0.39, 0.29) is 17.4 Å². The predicted molar refractivity (Wildman–Crippen MR) is 124 cm³/mol. The Morgan fingerprint density at radius 3 is 2.53 bits per heavy atom. The first-order valence-corrected chi connectivity index (χ1v) is 12.9. The molecule has 1 unspecified atom stereocenters. The highest BCUT2D eigenvalue weighted by molar-refractivity contribution is 5.22. The Hall–Kier alpha value is -1.38. The van der Waals surface area contributed by atoms with Crippen molar-refractivity contribution in [1.82, 2.24) is 9.78 Å². The van der Waals surface area contributed by atoms with Gasteiger partial charge in [-0.05, 0) is 112 Å². The molecule has 0 aromatic carbocycles. The molecule has 4 fully saturated rings. The Kier molecular flexibility index (Phi) is 5.30. The van der Waals surface area contributed by atoms with Crippen LogP contribution in [0, 0.1) is 51.8 Å². The largest absolute Gasteiger partial charge is 0.391 e. The maximum Gasteiger partial charge on any atom is 0.102 e. The Labute approximate surface area is 193 Å². The molecule has 0 spiro atoms. The van der Waals surface area contributed by atoms with E-state index in [1.165, 1.54) is 38.5 Å². The molecule has 4 saturated carbocycles. The number of hydrogen-bond donors (Lipinski definition) is 2. The lowest BCUT2D eigenvalue weighted by atomic mass is 9.44. The van der Waals surface area contributed by atoms with Crippen LogP contribution in [0.25, 0.3) is 0 Å². The summed E-state index contributed by atoms with van der Waals surface area (Å²) in [5, 5.41) is 35.7. The molecule has 0 aliphatic heterocycles. The second kappa shape index (κ2) is 7.57. The monoisotopic (exact) mass is 439 g/mol. The molecule has 0 amide bonds. The fourth-order valence-electron chi connectivity index (χ4n) is 9.14. The molecule has 32 heavy (non-hydrogen) atoms. The number of aromatic nitrogens is 2. The van der Waals surface area contributed by atoms with E-state index in [1.54, 1.807) is 17.1 Å². The van der Waals surface area contributed by atoms with Crippen molar-refractivity contribution in [1.29, 1.82) is 5.26 Å². The first-order chi connectivity index (χ1) is 15.1. The van der Waals surface area contributed by atoms with Gasteiger partial charge >= 0.3 is 0 Å².